The van der Waals surface area contributed by atoms with Crippen molar-refractivity contribution in [1.29, 1.82) is 10.5 Å². The van der Waals surface area contributed by atoms with Crippen molar-refractivity contribution >= 4 is 16.9 Å². The van der Waals surface area contributed by atoms with Crippen LogP contribution in [0.25, 0.3) is 16.7 Å². The molecular formula is C22H20N4. The van der Waals surface area contributed by atoms with E-state index in [1.807, 2.05) is 46.4 Å². The van der Waals surface area contributed by atoms with Gasteiger partial charge in [0.2, 0.25) is 0 Å². The number of nitrogens with zero attached hydrogens (tertiary/aromatic N) is 4. The molecule has 0 saturated carbocycles. The van der Waals surface area contributed by atoms with Crippen molar-refractivity contribution in [3.63, 3.8) is 0 Å². The van der Waals surface area contributed by atoms with E-state index in [9.17, 15) is 0 Å². The minimum Gasteiger partial charge on any atom is -0.378 e. The highest BCUT2D eigenvalue weighted by atomic mass is 15.1. The Hall–Kier alpha value is -3.50. The predicted molar refractivity (Wildman–Crippen MR) is 107 cm³/mol. The maximum absolute atomic E-state index is 9.00. The normalized spacial score (nSPS) is 10.9. The monoisotopic (exact) mass is 340 g/mol. The summed E-state index contributed by atoms with van der Waals surface area (Å²) in [4.78, 5) is 4.17. The minimum absolute atomic E-state index is 0.0994. The third-order valence-electron chi connectivity index (χ3n) is 4.57. The van der Waals surface area contributed by atoms with Crippen LogP contribution in [0.3, 0.4) is 0 Å². The zero-order valence-electron chi connectivity index (χ0n) is 15.4. The number of hydrogen-bond acceptors (Lipinski definition) is 4. The van der Waals surface area contributed by atoms with E-state index >= 15 is 0 Å². The molecule has 4 heteroatoms. The SMILES string of the molecule is CN(C)c1ccc2c(c1)-c1cc(N(C)C)ccc1C2=CC=C(C#N)C#N. The van der Waals surface area contributed by atoms with Crippen LogP contribution in [0.4, 0.5) is 11.4 Å². The fraction of sp³-hybridized carbons (Fsp3) is 0.182. The van der Waals surface area contributed by atoms with Crippen LogP contribution in [0.1, 0.15) is 11.1 Å². The van der Waals surface area contributed by atoms with Gasteiger partial charge in [-0.2, -0.15) is 10.5 Å². The van der Waals surface area contributed by atoms with E-state index in [1.165, 1.54) is 11.1 Å². The molecule has 1 aliphatic rings. The number of benzene rings is 2. The van der Waals surface area contributed by atoms with Gasteiger partial charge in [0.05, 0.1) is 0 Å². The molecule has 0 radical (unpaired) electrons. The average molecular weight is 340 g/mol. The van der Waals surface area contributed by atoms with Crippen LogP contribution in [0.5, 0.6) is 0 Å². The molecule has 0 saturated heterocycles. The van der Waals surface area contributed by atoms with Crippen molar-refractivity contribution in [3.05, 3.63) is 65.3 Å². The number of hydrogen-bond donors (Lipinski definition) is 0. The van der Waals surface area contributed by atoms with Crippen LogP contribution in [0, 0.1) is 22.7 Å². The molecule has 0 bridgehead atoms. The summed E-state index contributed by atoms with van der Waals surface area (Å²) in [5.74, 6) is 0. The van der Waals surface area contributed by atoms with Gasteiger partial charge in [0.25, 0.3) is 0 Å². The number of allylic oxidation sites excluding steroid dienone is 3. The van der Waals surface area contributed by atoms with Gasteiger partial charge in [0.15, 0.2) is 0 Å². The molecule has 0 heterocycles. The van der Waals surface area contributed by atoms with E-state index in [-0.39, 0.29) is 5.57 Å². The van der Waals surface area contributed by atoms with Crippen molar-refractivity contribution in [1.82, 2.24) is 0 Å². The third-order valence-corrected chi connectivity index (χ3v) is 4.57. The number of anilines is 2. The van der Waals surface area contributed by atoms with Crippen LogP contribution in [-0.4, -0.2) is 28.2 Å². The lowest BCUT2D eigenvalue weighted by Gasteiger charge is -2.15. The lowest BCUT2D eigenvalue weighted by Crippen LogP contribution is -2.09. The first kappa shape index (κ1) is 17.3. The fourth-order valence-corrected chi connectivity index (χ4v) is 3.13. The fourth-order valence-electron chi connectivity index (χ4n) is 3.13. The van der Waals surface area contributed by atoms with Crippen LogP contribution in [-0.2, 0) is 0 Å². The van der Waals surface area contributed by atoms with E-state index in [0.717, 1.165) is 28.1 Å². The molecule has 4 nitrogen and oxygen atoms in total. The Morgan fingerprint density at radius 2 is 1.23 bits per heavy atom. The second-order valence-corrected chi connectivity index (χ2v) is 6.63. The summed E-state index contributed by atoms with van der Waals surface area (Å²) in [6.07, 6.45) is 3.46. The Bertz CT molecular complexity index is 936. The molecule has 3 rings (SSSR count). The van der Waals surface area contributed by atoms with Crippen molar-refractivity contribution in [2.75, 3.05) is 38.0 Å². The Balaban J connectivity index is 2.26. The summed E-state index contributed by atoms with van der Waals surface area (Å²) in [5, 5.41) is 18.0. The van der Waals surface area contributed by atoms with Gasteiger partial charge in [0, 0.05) is 39.6 Å². The zero-order chi connectivity index (χ0) is 18.8. The average Bonchev–Trinajstić information content (AvgIpc) is 2.95. The molecule has 128 valence electrons. The lowest BCUT2D eigenvalue weighted by molar-refractivity contribution is 1.13. The van der Waals surface area contributed by atoms with Crippen molar-refractivity contribution in [2.45, 2.75) is 0 Å². The molecule has 0 fully saturated rings. The maximum Gasteiger partial charge on any atom is 0.129 e. The highest BCUT2D eigenvalue weighted by Crippen LogP contribution is 2.46. The molecule has 0 N–H and O–H groups in total. The molecule has 1 aliphatic carbocycles. The standard InChI is InChI=1S/C22H20N4/c1-25(2)16-6-9-19-18(8-5-15(13-23)14-24)20-10-7-17(26(3)4)12-22(20)21(19)11-16/h5-12H,1-4H3. The Labute approximate surface area is 154 Å². The van der Waals surface area contributed by atoms with Crippen LogP contribution < -0.4 is 9.80 Å². The first-order chi connectivity index (χ1) is 12.5. The van der Waals surface area contributed by atoms with E-state index in [1.54, 1.807) is 6.08 Å². The molecule has 0 spiro atoms. The van der Waals surface area contributed by atoms with Gasteiger partial charge in [-0.15, -0.1) is 0 Å². The summed E-state index contributed by atoms with van der Waals surface area (Å²) >= 11 is 0. The zero-order valence-corrected chi connectivity index (χ0v) is 15.4. The second-order valence-electron chi connectivity index (χ2n) is 6.63. The number of fused-ring (bicyclic) bond motifs is 3. The molecule has 0 aliphatic heterocycles. The smallest absolute Gasteiger partial charge is 0.129 e. The Morgan fingerprint density at radius 1 is 0.769 bits per heavy atom. The molecule has 0 aromatic heterocycles. The lowest BCUT2D eigenvalue weighted by atomic mass is 10.0. The second kappa shape index (κ2) is 6.78. The maximum atomic E-state index is 9.00. The van der Waals surface area contributed by atoms with Crippen molar-refractivity contribution < 1.29 is 0 Å². The Kier molecular flexibility index (Phi) is 4.52. The predicted octanol–water partition coefficient (Wildman–Crippen LogP) is 4.20. The number of nitriles is 2. The highest BCUT2D eigenvalue weighted by molar-refractivity contribution is 6.03. The van der Waals surface area contributed by atoms with E-state index in [4.69, 9.17) is 10.5 Å². The quantitative estimate of drug-likeness (QED) is 0.670. The highest BCUT2D eigenvalue weighted by Gasteiger charge is 2.24. The van der Waals surface area contributed by atoms with Gasteiger partial charge >= 0.3 is 0 Å². The summed E-state index contributed by atoms with van der Waals surface area (Å²) < 4.78 is 0. The largest absolute Gasteiger partial charge is 0.378 e. The van der Waals surface area contributed by atoms with Crippen LogP contribution >= 0.6 is 0 Å². The number of rotatable bonds is 3. The van der Waals surface area contributed by atoms with Gasteiger partial charge in [-0.1, -0.05) is 18.2 Å². The topological polar surface area (TPSA) is 54.1 Å². The van der Waals surface area contributed by atoms with Crippen molar-refractivity contribution in [2.24, 2.45) is 0 Å². The molecule has 2 aromatic carbocycles. The molecule has 26 heavy (non-hydrogen) atoms. The van der Waals surface area contributed by atoms with Gasteiger partial charge in [0.1, 0.15) is 17.7 Å². The molecular weight excluding hydrogens is 320 g/mol. The van der Waals surface area contributed by atoms with Gasteiger partial charge in [-0.25, -0.2) is 0 Å². The summed E-state index contributed by atoms with van der Waals surface area (Å²) in [7, 11) is 8.11. The minimum atomic E-state index is 0.0994. The van der Waals surface area contributed by atoms with E-state index < -0.39 is 0 Å². The van der Waals surface area contributed by atoms with E-state index in [0.29, 0.717) is 0 Å². The first-order valence-electron chi connectivity index (χ1n) is 8.32. The summed E-state index contributed by atoms with van der Waals surface area (Å²) in [6.45, 7) is 0. The summed E-state index contributed by atoms with van der Waals surface area (Å²) in [5.41, 5.74) is 7.99. The first-order valence-corrected chi connectivity index (χ1v) is 8.32. The van der Waals surface area contributed by atoms with Crippen LogP contribution in [0.2, 0.25) is 0 Å². The molecule has 0 amide bonds. The molecule has 0 atom stereocenters. The third kappa shape index (κ3) is 2.94. The molecule has 2 aromatic rings. The van der Waals surface area contributed by atoms with E-state index in [2.05, 4.69) is 46.2 Å². The van der Waals surface area contributed by atoms with Gasteiger partial charge in [-0.05, 0) is 58.2 Å². The Morgan fingerprint density at radius 3 is 1.62 bits per heavy atom. The summed E-state index contributed by atoms with van der Waals surface area (Å²) in [6, 6.07) is 16.6. The van der Waals surface area contributed by atoms with Crippen LogP contribution in [0.15, 0.2) is 54.1 Å². The van der Waals surface area contributed by atoms with Crippen molar-refractivity contribution in [3.8, 4) is 23.3 Å². The molecule has 0 unspecified atom stereocenters. The van der Waals surface area contributed by atoms with Gasteiger partial charge in [-0.3, -0.25) is 0 Å². The van der Waals surface area contributed by atoms with Gasteiger partial charge < -0.3 is 9.80 Å².